The van der Waals surface area contributed by atoms with Gasteiger partial charge in [-0.15, -0.1) is 0 Å². The lowest BCUT2D eigenvalue weighted by molar-refractivity contribution is 0.0599. The lowest BCUT2D eigenvalue weighted by Crippen LogP contribution is -2.34. The molecule has 6 heteroatoms. The van der Waals surface area contributed by atoms with Crippen LogP contribution in [0.25, 0.3) is 0 Å². The van der Waals surface area contributed by atoms with E-state index in [4.69, 9.17) is 0 Å². The second kappa shape index (κ2) is 5.92. The Hall–Kier alpha value is -3.15. The fraction of sp³-hybridized carbons (Fsp3) is 0.118. The van der Waals surface area contributed by atoms with E-state index in [1.807, 2.05) is 0 Å². The molecule has 0 saturated carbocycles. The number of methoxy groups -OCH3 is 1. The van der Waals surface area contributed by atoms with Crippen molar-refractivity contribution < 1.29 is 19.1 Å². The molecule has 1 N–H and O–H groups in total. The quantitative estimate of drug-likeness (QED) is 0.691. The van der Waals surface area contributed by atoms with Crippen molar-refractivity contribution in [2.24, 2.45) is 0 Å². The molecule has 6 nitrogen and oxygen atoms in total. The van der Waals surface area contributed by atoms with E-state index in [1.54, 1.807) is 48.5 Å². The summed E-state index contributed by atoms with van der Waals surface area (Å²) in [5.74, 6) is -1.05. The highest BCUT2D eigenvalue weighted by Crippen LogP contribution is 2.22. The number of amides is 2. The monoisotopic (exact) mass is 310 g/mol. The first-order chi connectivity index (χ1) is 11.1. The van der Waals surface area contributed by atoms with Crippen molar-refractivity contribution in [3.8, 4) is 0 Å². The summed E-state index contributed by atoms with van der Waals surface area (Å²) in [6, 6.07) is 13.3. The number of hydrogen-bond acceptors (Lipinski definition) is 5. The molecule has 2 amide bonds. The van der Waals surface area contributed by atoms with Crippen LogP contribution in [0.5, 0.6) is 0 Å². The standard InChI is InChI=1S/C17H14N2O4/c1-23-17(22)11-6-8-12(9-7-11)18-10-19-15(20)13-4-2-3-5-14(13)16(19)21/h2-9,18H,10H2,1H3. The van der Waals surface area contributed by atoms with Crippen LogP contribution in [0.15, 0.2) is 48.5 Å². The van der Waals surface area contributed by atoms with Crippen LogP contribution in [-0.2, 0) is 4.74 Å². The minimum atomic E-state index is -0.420. The van der Waals surface area contributed by atoms with E-state index in [0.717, 1.165) is 4.90 Å². The number of carbonyl (C=O) groups is 3. The summed E-state index contributed by atoms with van der Waals surface area (Å²) in [4.78, 5) is 36.9. The molecule has 0 saturated heterocycles. The number of nitrogens with one attached hydrogen (secondary N) is 1. The third-order valence-electron chi connectivity index (χ3n) is 3.63. The van der Waals surface area contributed by atoms with Crippen LogP contribution in [0, 0.1) is 0 Å². The molecule has 0 spiro atoms. The van der Waals surface area contributed by atoms with Crippen molar-refractivity contribution in [1.29, 1.82) is 0 Å². The number of ether oxygens (including phenoxy) is 1. The van der Waals surface area contributed by atoms with E-state index in [9.17, 15) is 14.4 Å². The topological polar surface area (TPSA) is 75.7 Å². The van der Waals surface area contributed by atoms with E-state index in [1.165, 1.54) is 7.11 Å². The number of nitrogens with zero attached hydrogens (tertiary/aromatic N) is 1. The van der Waals surface area contributed by atoms with Gasteiger partial charge in [0, 0.05) is 5.69 Å². The number of hydrogen-bond donors (Lipinski definition) is 1. The summed E-state index contributed by atoms with van der Waals surface area (Å²) in [6.07, 6.45) is 0. The average Bonchev–Trinajstić information content (AvgIpc) is 2.84. The third-order valence-corrected chi connectivity index (χ3v) is 3.63. The number of imide groups is 1. The summed E-state index contributed by atoms with van der Waals surface area (Å²) in [5, 5.41) is 3.00. The molecule has 0 fully saturated rings. The van der Waals surface area contributed by atoms with Gasteiger partial charge in [0.25, 0.3) is 11.8 Å². The number of carbonyl (C=O) groups excluding carboxylic acids is 3. The average molecular weight is 310 g/mol. The van der Waals surface area contributed by atoms with E-state index in [0.29, 0.717) is 22.4 Å². The molecule has 0 aromatic heterocycles. The molecule has 23 heavy (non-hydrogen) atoms. The van der Waals surface area contributed by atoms with Gasteiger partial charge in [-0.2, -0.15) is 0 Å². The molecule has 1 aliphatic rings. The van der Waals surface area contributed by atoms with Crippen LogP contribution in [-0.4, -0.2) is 36.5 Å². The van der Waals surface area contributed by atoms with Crippen LogP contribution >= 0.6 is 0 Å². The molecule has 1 aliphatic heterocycles. The summed E-state index contributed by atoms with van der Waals surface area (Å²) in [6.45, 7) is 0.0594. The van der Waals surface area contributed by atoms with Gasteiger partial charge in [-0.05, 0) is 36.4 Å². The molecule has 0 bridgehead atoms. The molecule has 0 unspecified atom stereocenters. The van der Waals surface area contributed by atoms with E-state index >= 15 is 0 Å². The molecular weight excluding hydrogens is 296 g/mol. The molecule has 0 aliphatic carbocycles. The minimum absolute atomic E-state index is 0.0594. The highest BCUT2D eigenvalue weighted by molar-refractivity contribution is 6.21. The largest absolute Gasteiger partial charge is 0.465 e. The number of rotatable bonds is 4. The highest BCUT2D eigenvalue weighted by atomic mass is 16.5. The summed E-state index contributed by atoms with van der Waals surface area (Å²) < 4.78 is 4.62. The van der Waals surface area contributed by atoms with Gasteiger partial charge in [-0.25, -0.2) is 4.79 Å². The first-order valence-corrected chi connectivity index (χ1v) is 6.99. The molecular formula is C17H14N2O4. The van der Waals surface area contributed by atoms with Crippen molar-refractivity contribution in [2.75, 3.05) is 19.1 Å². The maximum atomic E-state index is 12.2. The van der Waals surface area contributed by atoms with Gasteiger partial charge in [0.15, 0.2) is 0 Å². The van der Waals surface area contributed by atoms with Gasteiger partial charge >= 0.3 is 5.97 Å². The number of benzene rings is 2. The lowest BCUT2D eigenvalue weighted by atomic mass is 10.1. The van der Waals surface area contributed by atoms with Crippen molar-refractivity contribution in [2.45, 2.75) is 0 Å². The number of anilines is 1. The van der Waals surface area contributed by atoms with Crippen molar-refractivity contribution in [3.05, 3.63) is 65.2 Å². The fourth-order valence-corrected chi connectivity index (χ4v) is 2.40. The molecule has 116 valence electrons. The number of fused-ring (bicyclic) bond motifs is 1. The maximum Gasteiger partial charge on any atom is 0.337 e. The normalized spacial score (nSPS) is 13.0. The Balaban J connectivity index is 1.69. The highest BCUT2D eigenvalue weighted by Gasteiger charge is 2.34. The van der Waals surface area contributed by atoms with E-state index in [-0.39, 0.29) is 18.5 Å². The predicted molar refractivity (Wildman–Crippen MR) is 83.2 cm³/mol. The summed E-state index contributed by atoms with van der Waals surface area (Å²) in [7, 11) is 1.32. The second-order valence-electron chi connectivity index (χ2n) is 4.99. The lowest BCUT2D eigenvalue weighted by Gasteiger charge is -2.15. The maximum absolute atomic E-state index is 12.2. The Kier molecular flexibility index (Phi) is 3.80. The zero-order valence-electron chi connectivity index (χ0n) is 12.4. The van der Waals surface area contributed by atoms with Crippen molar-refractivity contribution in [3.63, 3.8) is 0 Å². The van der Waals surface area contributed by atoms with Gasteiger partial charge in [-0.3, -0.25) is 14.5 Å². The van der Waals surface area contributed by atoms with Gasteiger partial charge in [0.2, 0.25) is 0 Å². The zero-order valence-corrected chi connectivity index (χ0v) is 12.4. The Morgan fingerprint density at radius 3 is 2.09 bits per heavy atom. The smallest absolute Gasteiger partial charge is 0.337 e. The molecule has 2 aromatic rings. The molecule has 0 atom stereocenters. The SMILES string of the molecule is COC(=O)c1ccc(NCN2C(=O)c3ccccc3C2=O)cc1. The van der Waals surface area contributed by atoms with Crippen molar-refractivity contribution in [1.82, 2.24) is 4.90 Å². The van der Waals surface area contributed by atoms with Crippen LogP contribution in [0.2, 0.25) is 0 Å². The first-order valence-electron chi connectivity index (χ1n) is 6.99. The third kappa shape index (κ3) is 2.66. The second-order valence-corrected chi connectivity index (χ2v) is 4.99. The predicted octanol–water partition coefficient (Wildman–Crippen LogP) is 2.14. The first kappa shape index (κ1) is 14.8. The van der Waals surface area contributed by atoms with E-state index in [2.05, 4.69) is 10.1 Å². The van der Waals surface area contributed by atoms with Crippen molar-refractivity contribution >= 4 is 23.5 Å². The Morgan fingerprint density at radius 2 is 1.57 bits per heavy atom. The van der Waals surface area contributed by atoms with Crippen LogP contribution in [0.3, 0.4) is 0 Å². The Bertz CT molecular complexity index is 748. The Morgan fingerprint density at radius 1 is 1.00 bits per heavy atom. The van der Waals surface area contributed by atoms with Gasteiger partial charge in [-0.1, -0.05) is 12.1 Å². The molecule has 3 rings (SSSR count). The van der Waals surface area contributed by atoms with Crippen LogP contribution < -0.4 is 5.32 Å². The summed E-state index contributed by atoms with van der Waals surface area (Å²) >= 11 is 0. The molecule has 2 aromatic carbocycles. The van der Waals surface area contributed by atoms with Crippen LogP contribution in [0.4, 0.5) is 5.69 Å². The molecule has 1 heterocycles. The molecule has 0 radical (unpaired) electrons. The zero-order chi connectivity index (χ0) is 16.4. The van der Waals surface area contributed by atoms with Gasteiger partial charge in [0.1, 0.15) is 0 Å². The minimum Gasteiger partial charge on any atom is -0.465 e. The summed E-state index contributed by atoms with van der Waals surface area (Å²) in [5.41, 5.74) is 1.95. The fourth-order valence-electron chi connectivity index (χ4n) is 2.40. The number of esters is 1. The van der Waals surface area contributed by atoms with Crippen LogP contribution in [0.1, 0.15) is 31.1 Å². The van der Waals surface area contributed by atoms with E-state index < -0.39 is 5.97 Å². The van der Waals surface area contributed by atoms with Gasteiger partial charge < -0.3 is 10.1 Å². The van der Waals surface area contributed by atoms with Gasteiger partial charge in [0.05, 0.1) is 30.5 Å². The Labute approximate surface area is 132 Å².